The summed E-state index contributed by atoms with van der Waals surface area (Å²) in [4.78, 5) is 0. The lowest BCUT2D eigenvalue weighted by atomic mass is 9.90. The van der Waals surface area contributed by atoms with Gasteiger partial charge in [0.2, 0.25) is 7.12 Å². The molecule has 3 heterocycles. The van der Waals surface area contributed by atoms with Gasteiger partial charge in [-0.3, -0.25) is 0 Å². The van der Waals surface area contributed by atoms with E-state index < -0.39 is 0 Å². The van der Waals surface area contributed by atoms with Gasteiger partial charge in [0.05, 0.1) is 13.9 Å². The summed E-state index contributed by atoms with van der Waals surface area (Å²) >= 11 is 16.4. The second-order valence-corrected chi connectivity index (χ2v) is 5.94. The predicted molar refractivity (Wildman–Crippen MR) is 97.7 cm³/mol. The van der Waals surface area contributed by atoms with Crippen LogP contribution in [0.15, 0.2) is 73.2 Å². The molecule has 109 valence electrons. The molecule has 7 heteroatoms. The van der Waals surface area contributed by atoms with Gasteiger partial charge in [-0.15, -0.1) is 0 Å². The minimum Gasteiger partial charge on any atom is -0.499 e. The fourth-order valence-corrected chi connectivity index (χ4v) is 2.99. The SMILES string of the molecule is S=c1ccccn1[B-](n1ccccc1=S)n1ccccc1=S. The molecule has 0 bridgehead atoms. The molecule has 0 saturated carbocycles. The van der Waals surface area contributed by atoms with Crippen molar-refractivity contribution in [3.8, 4) is 0 Å². The van der Waals surface area contributed by atoms with Crippen LogP contribution in [0.3, 0.4) is 0 Å². The van der Waals surface area contributed by atoms with E-state index >= 15 is 0 Å². The molecule has 0 aliphatic rings. The van der Waals surface area contributed by atoms with Crippen molar-refractivity contribution in [2.75, 3.05) is 0 Å². The molecule has 0 aliphatic heterocycles. The van der Waals surface area contributed by atoms with E-state index in [0.717, 1.165) is 0 Å². The lowest BCUT2D eigenvalue weighted by molar-refractivity contribution is 0.914. The van der Waals surface area contributed by atoms with Crippen molar-refractivity contribution in [1.29, 1.82) is 0 Å². The van der Waals surface area contributed by atoms with E-state index in [4.69, 9.17) is 36.7 Å². The van der Waals surface area contributed by atoms with Gasteiger partial charge in [-0.1, -0.05) is 54.9 Å². The van der Waals surface area contributed by atoms with Gasteiger partial charge in [-0.05, 0) is 55.0 Å². The van der Waals surface area contributed by atoms with Crippen LogP contribution in [0.25, 0.3) is 0 Å². The first kappa shape index (κ1) is 15.1. The first-order valence-electron chi connectivity index (χ1n) is 6.70. The van der Waals surface area contributed by atoms with Crippen LogP contribution in [0.5, 0.6) is 0 Å². The largest absolute Gasteiger partial charge is 0.499 e. The van der Waals surface area contributed by atoms with E-state index in [1.54, 1.807) is 0 Å². The van der Waals surface area contributed by atoms with Crippen LogP contribution >= 0.6 is 36.7 Å². The average molecular weight is 341 g/mol. The van der Waals surface area contributed by atoms with Crippen molar-refractivity contribution in [1.82, 2.24) is 13.4 Å². The third kappa shape index (κ3) is 2.88. The van der Waals surface area contributed by atoms with Crippen LogP contribution in [-0.2, 0) is 0 Å². The molecule has 0 saturated heterocycles. The fraction of sp³-hybridized carbons (Fsp3) is 0. The van der Waals surface area contributed by atoms with Gasteiger partial charge in [-0.25, -0.2) is 0 Å². The summed E-state index contributed by atoms with van der Waals surface area (Å²) in [6.07, 6.45) is 5.82. The van der Waals surface area contributed by atoms with E-state index in [0.29, 0.717) is 13.9 Å². The zero-order valence-corrected chi connectivity index (χ0v) is 14.0. The van der Waals surface area contributed by atoms with Crippen LogP contribution < -0.4 is 0 Å². The maximum Gasteiger partial charge on any atom is 0.204 e. The molecule has 0 amide bonds. The first-order valence-corrected chi connectivity index (χ1v) is 7.92. The first-order chi connectivity index (χ1) is 10.7. The molecule has 0 spiro atoms. The van der Waals surface area contributed by atoms with Crippen LogP contribution in [-0.4, -0.2) is 20.6 Å². The molecule has 3 nitrogen and oxygen atoms in total. The van der Waals surface area contributed by atoms with Gasteiger partial charge in [0.15, 0.2) is 0 Å². The summed E-state index contributed by atoms with van der Waals surface area (Å²) in [5.74, 6) is 0. The Morgan fingerprint density at radius 1 is 0.545 bits per heavy atom. The lowest BCUT2D eigenvalue weighted by Crippen LogP contribution is -2.42. The van der Waals surface area contributed by atoms with E-state index in [1.807, 2.05) is 86.6 Å². The topological polar surface area (TPSA) is 14.8 Å². The molecule has 0 fully saturated rings. The predicted octanol–water partition coefficient (Wildman–Crippen LogP) is 4.21. The molecule has 3 rings (SSSR count). The minimum atomic E-state index is -0.268. The number of nitrogens with zero attached hydrogens (tertiary/aromatic N) is 3. The van der Waals surface area contributed by atoms with Crippen molar-refractivity contribution in [2.24, 2.45) is 0 Å². The van der Waals surface area contributed by atoms with Gasteiger partial charge in [0, 0.05) is 0 Å². The highest BCUT2D eigenvalue weighted by molar-refractivity contribution is 7.72. The Hall–Kier alpha value is -1.83. The highest BCUT2D eigenvalue weighted by Crippen LogP contribution is 2.06. The van der Waals surface area contributed by atoms with Crippen LogP contribution in [0.4, 0.5) is 0 Å². The number of hydrogen-bond acceptors (Lipinski definition) is 3. The highest BCUT2D eigenvalue weighted by atomic mass is 32.1. The lowest BCUT2D eigenvalue weighted by Gasteiger charge is -2.37. The van der Waals surface area contributed by atoms with Crippen molar-refractivity contribution < 1.29 is 0 Å². The number of rotatable bonds is 3. The van der Waals surface area contributed by atoms with E-state index in [9.17, 15) is 0 Å². The normalized spacial score (nSPS) is 10.8. The Labute approximate surface area is 144 Å². The van der Waals surface area contributed by atoms with Gasteiger partial charge in [-0.2, -0.15) is 0 Å². The van der Waals surface area contributed by atoms with E-state index in [2.05, 4.69) is 0 Å². The van der Waals surface area contributed by atoms with Crippen LogP contribution in [0.1, 0.15) is 0 Å². The third-order valence-electron chi connectivity index (χ3n) is 3.30. The Morgan fingerprint density at radius 3 is 1.14 bits per heavy atom. The summed E-state index contributed by atoms with van der Waals surface area (Å²) in [6, 6.07) is 17.3. The van der Waals surface area contributed by atoms with Gasteiger partial charge in [0.1, 0.15) is 0 Å². The summed E-state index contributed by atoms with van der Waals surface area (Å²) < 4.78 is 8.06. The molecule has 3 aromatic heterocycles. The summed E-state index contributed by atoms with van der Waals surface area (Å²) in [5.41, 5.74) is 0. The second-order valence-electron chi connectivity index (χ2n) is 4.68. The molecule has 0 aromatic carbocycles. The summed E-state index contributed by atoms with van der Waals surface area (Å²) in [5, 5.41) is 0. The smallest absolute Gasteiger partial charge is 0.204 e. The van der Waals surface area contributed by atoms with Gasteiger partial charge >= 0.3 is 0 Å². The molecular weight excluding hydrogens is 329 g/mol. The zero-order valence-electron chi connectivity index (χ0n) is 11.6. The average Bonchev–Trinajstić information content (AvgIpc) is 2.53. The zero-order chi connectivity index (χ0) is 15.5. The number of aromatic nitrogens is 3. The van der Waals surface area contributed by atoms with Crippen molar-refractivity contribution in [2.45, 2.75) is 0 Å². The molecule has 0 atom stereocenters. The second kappa shape index (κ2) is 6.52. The third-order valence-corrected chi connectivity index (χ3v) is 4.34. The summed E-state index contributed by atoms with van der Waals surface area (Å²) in [7, 11) is -0.268. The molecule has 3 aromatic rings. The Balaban J connectivity index is 2.34. The van der Waals surface area contributed by atoms with Gasteiger partial charge in [0.25, 0.3) is 0 Å². The maximum absolute atomic E-state index is 5.48. The molecule has 0 unspecified atom stereocenters. The Bertz CT molecular complexity index is 847. The van der Waals surface area contributed by atoms with Gasteiger partial charge < -0.3 is 13.4 Å². The number of hydrogen-bond donors (Lipinski definition) is 0. The quantitative estimate of drug-likeness (QED) is 0.524. The van der Waals surface area contributed by atoms with Crippen molar-refractivity contribution in [3.05, 3.63) is 87.1 Å². The van der Waals surface area contributed by atoms with Crippen molar-refractivity contribution >= 4 is 43.8 Å². The minimum absolute atomic E-state index is 0.268. The summed E-state index contributed by atoms with van der Waals surface area (Å²) in [6.45, 7) is 0. The van der Waals surface area contributed by atoms with E-state index in [1.165, 1.54) is 0 Å². The number of pyridine rings is 3. The molecule has 22 heavy (non-hydrogen) atoms. The molecule has 0 N–H and O–H groups in total. The van der Waals surface area contributed by atoms with Crippen molar-refractivity contribution in [3.63, 3.8) is 0 Å². The molecule has 0 aliphatic carbocycles. The van der Waals surface area contributed by atoms with Crippen LogP contribution in [0.2, 0.25) is 0 Å². The highest BCUT2D eigenvalue weighted by Gasteiger charge is 2.06. The molecule has 1 radical (unpaired) electrons. The van der Waals surface area contributed by atoms with Crippen LogP contribution in [0, 0.1) is 13.9 Å². The Morgan fingerprint density at radius 2 is 0.864 bits per heavy atom. The standard InChI is InChI=1S/C15H12BN3S3/c20-13-7-1-4-10-17(13)16(18-11-5-2-8-14(18)21)19-12-6-3-9-15(19)22/h1-12H/q-1. The Kier molecular flexibility index (Phi) is 4.47. The monoisotopic (exact) mass is 341 g/mol. The maximum atomic E-state index is 5.48. The fourth-order valence-electron chi connectivity index (χ4n) is 2.29. The van der Waals surface area contributed by atoms with E-state index in [-0.39, 0.29) is 7.12 Å². The molecular formula is C15H12BN3S3-.